The number of amides is 1. The molecule has 1 N–H and O–H groups in total. The van der Waals surface area contributed by atoms with Gasteiger partial charge >= 0.3 is 5.97 Å². The highest BCUT2D eigenvalue weighted by atomic mass is 35.5. The highest BCUT2D eigenvalue weighted by Gasteiger charge is 2.18. The molecule has 2 aromatic carbocycles. The van der Waals surface area contributed by atoms with Crippen molar-refractivity contribution in [1.82, 2.24) is 5.32 Å². The van der Waals surface area contributed by atoms with E-state index < -0.39 is 12.0 Å². The third-order valence-corrected chi connectivity index (χ3v) is 4.07. The second-order valence-electron chi connectivity index (χ2n) is 5.28. The van der Waals surface area contributed by atoms with E-state index in [0.717, 1.165) is 11.1 Å². The SMILES string of the molecule is CC(=O)N[C@@H](CC(=O)OCc1ccc(Cl)c(Cl)c1)c1ccccc1. The summed E-state index contributed by atoms with van der Waals surface area (Å²) < 4.78 is 5.26. The van der Waals surface area contributed by atoms with Crippen LogP contribution in [0.5, 0.6) is 0 Å². The lowest BCUT2D eigenvalue weighted by Gasteiger charge is -2.17. The van der Waals surface area contributed by atoms with Gasteiger partial charge in [0.1, 0.15) is 6.61 Å². The summed E-state index contributed by atoms with van der Waals surface area (Å²) in [5, 5.41) is 3.62. The predicted octanol–water partition coefficient (Wildman–Crippen LogP) is 4.30. The van der Waals surface area contributed by atoms with E-state index >= 15 is 0 Å². The minimum Gasteiger partial charge on any atom is -0.461 e. The first-order valence-corrected chi connectivity index (χ1v) is 8.13. The van der Waals surface area contributed by atoms with Gasteiger partial charge in [0.05, 0.1) is 22.5 Å². The first-order valence-electron chi connectivity index (χ1n) is 7.37. The van der Waals surface area contributed by atoms with Gasteiger partial charge in [-0.05, 0) is 23.3 Å². The molecule has 4 nitrogen and oxygen atoms in total. The van der Waals surface area contributed by atoms with Crippen LogP contribution < -0.4 is 5.32 Å². The number of benzene rings is 2. The van der Waals surface area contributed by atoms with E-state index in [2.05, 4.69) is 5.32 Å². The molecule has 1 atom stereocenters. The molecular formula is C18H17Cl2NO3. The van der Waals surface area contributed by atoms with Gasteiger partial charge in [-0.25, -0.2) is 0 Å². The van der Waals surface area contributed by atoms with E-state index in [-0.39, 0.29) is 18.9 Å². The van der Waals surface area contributed by atoms with Crippen LogP contribution in [0.2, 0.25) is 10.0 Å². The molecule has 126 valence electrons. The molecule has 0 heterocycles. The van der Waals surface area contributed by atoms with E-state index in [1.807, 2.05) is 30.3 Å². The van der Waals surface area contributed by atoms with Crippen molar-refractivity contribution in [2.24, 2.45) is 0 Å². The topological polar surface area (TPSA) is 55.4 Å². The lowest BCUT2D eigenvalue weighted by atomic mass is 10.0. The van der Waals surface area contributed by atoms with E-state index in [0.29, 0.717) is 10.0 Å². The van der Waals surface area contributed by atoms with Crippen LogP contribution in [0.1, 0.15) is 30.5 Å². The number of ether oxygens (including phenoxy) is 1. The molecule has 0 bridgehead atoms. The fourth-order valence-corrected chi connectivity index (χ4v) is 2.52. The first-order chi connectivity index (χ1) is 11.5. The van der Waals surface area contributed by atoms with Crippen LogP contribution in [0.4, 0.5) is 0 Å². The summed E-state index contributed by atoms with van der Waals surface area (Å²) in [7, 11) is 0. The van der Waals surface area contributed by atoms with E-state index in [9.17, 15) is 9.59 Å². The van der Waals surface area contributed by atoms with Crippen LogP contribution in [0.15, 0.2) is 48.5 Å². The number of esters is 1. The third-order valence-electron chi connectivity index (χ3n) is 3.33. The third kappa shape index (κ3) is 5.55. The van der Waals surface area contributed by atoms with Gasteiger partial charge in [-0.15, -0.1) is 0 Å². The molecule has 0 radical (unpaired) electrons. The maximum Gasteiger partial charge on any atom is 0.308 e. The van der Waals surface area contributed by atoms with E-state index in [4.69, 9.17) is 27.9 Å². The zero-order valence-electron chi connectivity index (χ0n) is 13.1. The molecule has 0 spiro atoms. The van der Waals surface area contributed by atoms with Gasteiger partial charge in [0.2, 0.25) is 5.91 Å². The van der Waals surface area contributed by atoms with Crippen LogP contribution in [0.25, 0.3) is 0 Å². The largest absolute Gasteiger partial charge is 0.461 e. The highest BCUT2D eigenvalue weighted by molar-refractivity contribution is 6.42. The standard InChI is InChI=1S/C18H17Cl2NO3/c1-12(22)21-17(14-5-3-2-4-6-14)10-18(23)24-11-13-7-8-15(19)16(20)9-13/h2-9,17H,10-11H2,1H3,(H,21,22)/t17-/m0/s1. The summed E-state index contributed by atoms with van der Waals surface area (Å²) in [4.78, 5) is 23.5. The Kier molecular flexibility index (Phi) is 6.64. The molecule has 0 aliphatic rings. The Morgan fingerprint density at radius 1 is 1.08 bits per heavy atom. The smallest absolute Gasteiger partial charge is 0.308 e. The number of rotatable bonds is 6. The van der Waals surface area contributed by atoms with Gasteiger partial charge in [-0.1, -0.05) is 59.6 Å². The van der Waals surface area contributed by atoms with Crippen molar-refractivity contribution in [2.75, 3.05) is 0 Å². The van der Waals surface area contributed by atoms with Crippen molar-refractivity contribution in [3.8, 4) is 0 Å². The van der Waals surface area contributed by atoms with Gasteiger partial charge < -0.3 is 10.1 Å². The average Bonchev–Trinajstić information content (AvgIpc) is 2.56. The molecule has 0 saturated heterocycles. The monoisotopic (exact) mass is 365 g/mol. The number of halogens is 2. The van der Waals surface area contributed by atoms with Gasteiger partial charge in [-0.3, -0.25) is 9.59 Å². The van der Waals surface area contributed by atoms with Gasteiger partial charge in [-0.2, -0.15) is 0 Å². The molecule has 0 unspecified atom stereocenters. The zero-order chi connectivity index (χ0) is 17.5. The Hall–Kier alpha value is -2.04. The van der Waals surface area contributed by atoms with Crippen molar-refractivity contribution in [3.63, 3.8) is 0 Å². The molecule has 0 fully saturated rings. The maximum absolute atomic E-state index is 12.1. The first kappa shape index (κ1) is 18.3. The van der Waals surface area contributed by atoms with Crippen molar-refractivity contribution >= 4 is 35.1 Å². The number of nitrogens with one attached hydrogen (secondary N) is 1. The Bertz CT molecular complexity index is 719. The van der Waals surface area contributed by atoms with Gasteiger partial charge in [0.25, 0.3) is 0 Å². The van der Waals surface area contributed by atoms with Gasteiger partial charge in [0, 0.05) is 6.92 Å². The summed E-state index contributed by atoms with van der Waals surface area (Å²) in [5.74, 6) is -0.621. The van der Waals surface area contributed by atoms with Crippen LogP contribution in [0.3, 0.4) is 0 Å². The van der Waals surface area contributed by atoms with Crippen LogP contribution in [-0.2, 0) is 20.9 Å². The highest BCUT2D eigenvalue weighted by Crippen LogP contribution is 2.23. The summed E-state index contributed by atoms with van der Waals surface area (Å²) in [5.41, 5.74) is 1.59. The quantitative estimate of drug-likeness (QED) is 0.776. The van der Waals surface area contributed by atoms with Crippen LogP contribution in [0, 0.1) is 0 Å². The van der Waals surface area contributed by atoms with Gasteiger partial charge in [0.15, 0.2) is 0 Å². The van der Waals surface area contributed by atoms with Crippen molar-refractivity contribution in [3.05, 3.63) is 69.7 Å². The molecule has 0 aromatic heterocycles. The fourth-order valence-electron chi connectivity index (χ4n) is 2.20. The summed E-state index contributed by atoms with van der Waals surface area (Å²) >= 11 is 11.8. The number of hydrogen-bond acceptors (Lipinski definition) is 3. The molecule has 1 amide bonds. The summed E-state index contributed by atoms with van der Waals surface area (Å²) in [6.07, 6.45) is 0.0465. The Balaban J connectivity index is 1.97. The normalized spacial score (nSPS) is 11.6. The summed E-state index contributed by atoms with van der Waals surface area (Å²) in [6, 6.07) is 13.9. The van der Waals surface area contributed by atoms with Crippen molar-refractivity contribution in [2.45, 2.75) is 26.0 Å². The molecule has 6 heteroatoms. The maximum atomic E-state index is 12.1. The number of carbonyl (C=O) groups excluding carboxylic acids is 2. The Morgan fingerprint density at radius 3 is 2.42 bits per heavy atom. The zero-order valence-corrected chi connectivity index (χ0v) is 14.6. The molecule has 0 aliphatic heterocycles. The molecule has 2 aromatic rings. The number of hydrogen-bond donors (Lipinski definition) is 1. The molecule has 2 rings (SSSR count). The van der Waals surface area contributed by atoms with Crippen molar-refractivity contribution < 1.29 is 14.3 Å². The molecule has 0 aliphatic carbocycles. The summed E-state index contributed by atoms with van der Waals surface area (Å²) in [6.45, 7) is 1.51. The lowest BCUT2D eigenvalue weighted by Crippen LogP contribution is -2.28. The Labute approximate surface area is 150 Å². The second kappa shape index (κ2) is 8.71. The van der Waals surface area contributed by atoms with E-state index in [1.54, 1.807) is 18.2 Å². The minimum absolute atomic E-state index is 0.0465. The second-order valence-corrected chi connectivity index (χ2v) is 6.09. The lowest BCUT2D eigenvalue weighted by molar-refractivity contribution is -0.145. The van der Waals surface area contributed by atoms with E-state index in [1.165, 1.54) is 6.92 Å². The van der Waals surface area contributed by atoms with Crippen LogP contribution >= 0.6 is 23.2 Å². The predicted molar refractivity (Wildman–Crippen MR) is 93.9 cm³/mol. The molecular weight excluding hydrogens is 349 g/mol. The fraction of sp³-hybridized carbons (Fsp3) is 0.222. The van der Waals surface area contributed by atoms with Crippen molar-refractivity contribution in [1.29, 1.82) is 0 Å². The molecule has 0 saturated carbocycles. The Morgan fingerprint density at radius 2 is 1.79 bits per heavy atom. The molecule has 24 heavy (non-hydrogen) atoms. The minimum atomic E-state index is -0.426. The number of carbonyl (C=O) groups is 2. The average molecular weight is 366 g/mol. The van der Waals surface area contributed by atoms with Crippen LogP contribution in [-0.4, -0.2) is 11.9 Å².